The van der Waals surface area contributed by atoms with Gasteiger partial charge in [0.05, 0.1) is 17.8 Å². The van der Waals surface area contributed by atoms with Crippen LogP contribution in [0.5, 0.6) is 0 Å². The number of nitrogens with zero attached hydrogens (tertiary/aromatic N) is 2. The molecule has 1 saturated heterocycles. The third kappa shape index (κ3) is 4.62. The van der Waals surface area contributed by atoms with Gasteiger partial charge in [0.2, 0.25) is 0 Å². The van der Waals surface area contributed by atoms with Gasteiger partial charge in [-0.3, -0.25) is 4.90 Å². The van der Waals surface area contributed by atoms with Gasteiger partial charge in [-0.1, -0.05) is 24.6 Å². The van der Waals surface area contributed by atoms with Crippen LogP contribution in [0.4, 0.5) is 24.5 Å². The first-order valence-electron chi connectivity index (χ1n) is 7.82. The minimum atomic E-state index is -4.39. The number of anilines is 1. The van der Waals surface area contributed by atoms with E-state index < -0.39 is 11.7 Å². The number of hydrogen-bond donors (Lipinski definition) is 0. The first kappa shape index (κ1) is 20.4. The van der Waals surface area contributed by atoms with Gasteiger partial charge in [0.15, 0.2) is 0 Å². The van der Waals surface area contributed by atoms with Crippen LogP contribution in [0.3, 0.4) is 0 Å². The van der Waals surface area contributed by atoms with Crippen LogP contribution in [0, 0.1) is 0 Å². The summed E-state index contributed by atoms with van der Waals surface area (Å²) in [5.41, 5.74) is 0.322. The summed E-state index contributed by atoms with van der Waals surface area (Å²) in [5.74, 6) is 0. The fourth-order valence-electron chi connectivity index (χ4n) is 2.52. The normalized spacial score (nSPS) is 18.6. The molecule has 0 aromatic heterocycles. The van der Waals surface area contributed by atoms with Crippen molar-refractivity contribution in [1.82, 2.24) is 0 Å². The molecule has 1 aliphatic rings. The minimum Gasteiger partial charge on any atom is -0.459 e. The standard InChI is InChI=1S/C18H16ClF3N2O.ClH/c1-2-16-11-24(15-5-3-4-12(10-15)18(20,21)22)17(25-16)23-14-8-6-13(19)7-9-14;/h3-10,16H,2,11H2,1H3;1H. The predicted octanol–water partition coefficient (Wildman–Crippen LogP) is 6.08. The van der Waals surface area contributed by atoms with Crippen molar-refractivity contribution < 1.29 is 17.9 Å². The molecule has 0 aliphatic carbocycles. The van der Waals surface area contributed by atoms with E-state index in [2.05, 4.69) is 4.99 Å². The maximum atomic E-state index is 13.0. The van der Waals surface area contributed by atoms with E-state index >= 15 is 0 Å². The Balaban J connectivity index is 0.00000243. The Morgan fingerprint density at radius 3 is 2.50 bits per heavy atom. The van der Waals surface area contributed by atoms with Crippen molar-refractivity contribution in [2.75, 3.05) is 11.4 Å². The molecule has 1 atom stereocenters. The van der Waals surface area contributed by atoms with Crippen LogP contribution >= 0.6 is 24.0 Å². The van der Waals surface area contributed by atoms with Gasteiger partial charge in [0.1, 0.15) is 6.10 Å². The highest BCUT2D eigenvalue weighted by atomic mass is 35.5. The monoisotopic (exact) mass is 404 g/mol. The van der Waals surface area contributed by atoms with Crippen LogP contribution in [-0.4, -0.2) is 18.7 Å². The molecule has 3 nitrogen and oxygen atoms in total. The van der Waals surface area contributed by atoms with Crippen molar-refractivity contribution >= 4 is 41.4 Å². The summed E-state index contributed by atoms with van der Waals surface area (Å²) in [7, 11) is 0. The molecule has 3 rings (SSSR count). The fourth-order valence-corrected chi connectivity index (χ4v) is 2.65. The average Bonchev–Trinajstić information content (AvgIpc) is 2.99. The molecule has 1 unspecified atom stereocenters. The van der Waals surface area contributed by atoms with Crippen molar-refractivity contribution in [2.45, 2.75) is 25.6 Å². The summed E-state index contributed by atoms with van der Waals surface area (Å²) in [6.07, 6.45) is -3.79. The van der Waals surface area contributed by atoms with E-state index in [1.807, 2.05) is 6.92 Å². The summed E-state index contributed by atoms with van der Waals surface area (Å²) >= 11 is 5.86. The second kappa shape index (κ2) is 8.18. The van der Waals surface area contributed by atoms with Gasteiger partial charge in [0, 0.05) is 10.7 Å². The summed E-state index contributed by atoms with van der Waals surface area (Å²) in [4.78, 5) is 6.09. The maximum Gasteiger partial charge on any atom is 0.416 e. The lowest BCUT2D eigenvalue weighted by Gasteiger charge is -2.17. The Morgan fingerprint density at radius 1 is 1.19 bits per heavy atom. The molecule has 2 aromatic carbocycles. The van der Waals surface area contributed by atoms with Gasteiger partial charge in [-0.15, -0.1) is 12.4 Å². The Hall–Kier alpha value is -1.92. The van der Waals surface area contributed by atoms with Crippen LogP contribution in [0.2, 0.25) is 5.02 Å². The zero-order valence-electron chi connectivity index (χ0n) is 13.8. The van der Waals surface area contributed by atoms with E-state index in [0.29, 0.717) is 22.9 Å². The van der Waals surface area contributed by atoms with Crippen molar-refractivity contribution in [2.24, 2.45) is 4.99 Å². The van der Waals surface area contributed by atoms with Gasteiger partial charge in [-0.05, 0) is 48.9 Å². The highest BCUT2D eigenvalue weighted by Crippen LogP contribution is 2.33. The number of halogens is 5. The van der Waals surface area contributed by atoms with E-state index in [9.17, 15) is 13.2 Å². The number of rotatable bonds is 3. The van der Waals surface area contributed by atoms with Crippen LogP contribution in [0.1, 0.15) is 18.9 Å². The first-order chi connectivity index (χ1) is 11.9. The SMILES string of the molecule is CCC1CN(c2cccc(C(F)(F)F)c2)C(=Nc2ccc(Cl)cc2)O1.Cl. The first-order valence-corrected chi connectivity index (χ1v) is 8.20. The zero-order chi connectivity index (χ0) is 18.0. The predicted molar refractivity (Wildman–Crippen MR) is 99.7 cm³/mol. The molecular weight excluding hydrogens is 388 g/mol. The molecule has 2 aromatic rings. The lowest BCUT2D eigenvalue weighted by Crippen LogP contribution is -2.26. The summed E-state index contributed by atoms with van der Waals surface area (Å²) in [5, 5.41) is 0.581. The third-order valence-corrected chi connectivity index (χ3v) is 4.13. The largest absolute Gasteiger partial charge is 0.459 e. The Kier molecular flexibility index (Phi) is 6.42. The van der Waals surface area contributed by atoms with Crippen molar-refractivity contribution in [3.05, 3.63) is 59.1 Å². The fraction of sp³-hybridized carbons (Fsp3) is 0.278. The van der Waals surface area contributed by atoms with Crippen molar-refractivity contribution in [3.8, 4) is 0 Å². The molecule has 0 saturated carbocycles. The highest BCUT2D eigenvalue weighted by molar-refractivity contribution is 6.30. The summed E-state index contributed by atoms with van der Waals surface area (Å²) < 4.78 is 44.8. The van der Waals surface area contributed by atoms with E-state index in [0.717, 1.165) is 18.6 Å². The van der Waals surface area contributed by atoms with Crippen LogP contribution in [-0.2, 0) is 10.9 Å². The maximum absolute atomic E-state index is 13.0. The van der Waals surface area contributed by atoms with Crippen molar-refractivity contribution in [3.63, 3.8) is 0 Å². The van der Waals surface area contributed by atoms with Gasteiger partial charge in [-0.25, -0.2) is 0 Å². The number of ether oxygens (including phenoxy) is 1. The minimum absolute atomic E-state index is 0. The van der Waals surface area contributed by atoms with Crippen LogP contribution in [0.25, 0.3) is 0 Å². The molecule has 0 N–H and O–H groups in total. The van der Waals surface area contributed by atoms with Gasteiger partial charge in [-0.2, -0.15) is 18.2 Å². The van der Waals surface area contributed by atoms with Gasteiger partial charge >= 0.3 is 6.18 Å². The lowest BCUT2D eigenvalue weighted by atomic mass is 10.1. The molecule has 26 heavy (non-hydrogen) atoms. The topological polar surface area (TPSA) is 24.8 Å². The molecular formula is C18H17Cl2F3N2O. The number of amidine groups is 1. The number of alkyl halides is 3. The molecule has 0 spiro atoms. The number of aliphatic imine (C=N–C) groups is 1. The molecule has 140 valence electrons. The molecule has 0 radical (unpaired) electrons. The number of hydrogen-bond acceptors (Lipinski definition) is 2. The van der Waals surface area contributed by atoms with Crippen molar-refractivity contribution in [1.29, 1.82) is 0 Å². The molecule has 8 heteroatoms. The highest BCUT2D eigenvalue weighted by Gasteiger charge is 2.34. The second-order valence-electron chi connectivity index (χ2n) is 5.68. The molecule has 1 heterocycles. The second-order valence-corrected chi connectivity index (χ2v) is 6.11. The Bertz CT molecular complexity index is 779. The molecule has 0 bridgehead atoms. The van der Waals surface area contributed by atoms with Crippen LogP contribution in [0.15, 0.2) is 53.5 Å². The summed E-state index contributed by atoms with van der Waals surface area (Å²) in [6.45, 7) is 2.41. The quantitative estimate of drug-likeness (QED) is 0.618. The van der Waals surface area contributed by atoms with E-state index in [1.165, 1.54) is 6.07 Å². The molecule has 1 fully saturated rings. The van der Waals surface area contributed by atoms with Crippen LogP contribution < -0.4 is 4.90 Å². The Labute approximate surface area is 160 Å². The summed E-state index contributed by atoms with van der Waals surface area (Å²) in [6, 6.07) is 12.3. The molecule has 0 amide bonds. The zero-order valence-corrected chi connectivity index (χ0v) is 15.4. The van der Waals surface area contributed by atoms with Gasteiger partial charge in [0.25, 0.3) is 6.02 Å². The Morgan fingerprint density at radius 2 is 1.88 bits per heavy atom. The van der Waals surface area contributed by atoms with E-state index in [1.54, 1.807) is 35.2 Å². The van der Waals surface area contributed by atoms with E-state index in [-0.39, 0.29) is 24.5 Å². The third-order valence-electron chi connectivity index (χ3n) is 3.88. The molecule has 1 aliphatic heterocycles. The smallest absolute Gasteiger partial charge is 0.416 e. The lowest BCUT2D eigenvalue weighted by molar-refractivity contribution is -0.137. The van der Waals surface area contributed by atoms with E-state index in [4.69, 9.17) is 16.3 Å². The van der Waals surface area contributed by atoms with Gasteiger partial charge < -0.3 is 4.74 Å². The number of benzene rings is 2. The average molecular weight is 405 g/mol.